The molecule has 0 atom stereocenters. The molecule has 2 heterocycles. The lowest BCUT2D eigenvalue weighted by molar-refractivity contribution is 0.0698. The van der Waals surface area contributed by atoms with E-state index in [2.05, 4.69) is 10.3 Å². The number of carbonyl (C=O) groups is 3. The van der Waals surface area contributed by atoms with Crippen molar-refractivity contribution in [3.63, 3.8) is 0 Å². The number of nitrogens with one attached hydrogen (secondary N) is 1. The Morgan fingerprint density at radius 1 is 1.06 bits per heavy atom. The minimum Gasteiger partial charge on any atom is -0.478 e. The average molecular weight is 435 g/mol. The number of carboxylic acids is 1. The van der Waals surface area contributed by atoms with Crippen LogP contribution in [0.15, 0.2) is 58.3 Å². The third-order valence-corrected chi connectivity index (χ3v) is 5.46. The molecule has 8 nitrogen and oxygen atoms in total. The van der Waals surface area contributed by atoms with Crippen LogP contribution in [0.25, 0.3) is 22.2 Å². The molecule has 0 aliphatic heterocycles. The number of aromatic carboxylic acids is 1. The molecule has 0 fully saturated rings. The maximum Gasteiger partial charge on any atom is 0.339 e. The molecule has 4 aromatic rings. The van der Waals surface area contributed by atoms with Gasteiger partial charge in [0.25, 0.3) is 11.8 Å². The highest BCUT2D eigenvalue weighted by Gasteiger charge is 2.23. The van der Waals surface area contributed by atoms with Crippen molar-refractivity contribution >= 4 is 45.2 Å². The van der Waals surface area contributed by atoms with Gasteiger partial charge in [0.05, 0.1) is 0 Å². The van der Waals surface area contributed by atoms with E-state index in [1.807, 2.05) is 0 Å². The van der Waals surface area contributed by atoms with Crippen molar-refractivity contribution in [2.24, 2.45) is 0 Å². The number of amides is 2. The van der Waals surface area contributed by atoms with E-state index in [9.17, 15) is 19.5 Å². The number of oxazole rings is 1. The van der Waals surface area contributed by atoms with Crippen LogP contribution in [0.5, 0.6) is 0 Å². The number of para-hydroxylation sites is 2. The summed E-state index contributed by atoms with van der Waals surface area (Å²) in [7, 11) is 3.31. The van der Waals surface area contributed by atoms with E-state index < -0.39 is 11.9 Å². The van der Waals surface area contributed by atoms with Gasteiger partial charge in [0.1, 0.15) is 16.1 Å². The Balaban J connectivity index is 1.64. The Morgan fingerprint density at radius 2 is 1.77 bits per heavy atom. The standard InChI is InChI=1S/C22H17N3O5S/c1-25(2)21(27)13-9-7-12(8-10-13)14-11-31-20(17(14)22(28)29)24-18(26)19-23-15-5-3-4-6-16(15)30-19/h3-11H,1-2H3,(H,24,26)(H,28,29). The van der Waals surface area contributed by atoms with Gasteiger partial charge in [-0.1, -0.05) is 24.3 Å². The van der Waals surface area contributed by atoms with Crippen molar-refractivity contribution in [3.05, 3.63) is 70.9 Å². The molecule has 2 aromatic carbocycles. The topological polar surface area (TPSA) is 113 Å². The number of hydrogen-bond donors (Lipinski definition) is 2. The van der Waals surface area contributed by atoms with Crippen molar-refractivity contribution in [2.75, 3.05) is 19.4 Å². The summed E-state index contributed by atoms with van der Waals surface area (Å²) in [6.07, 6.45) is 0. The van der Waals surface area contributed by atoms with Crippen molar-refractivity contribution in [1.82, 2.24) is 9.88 Å². The monoisotopic (exact) mass is 435 g/mol. The summed E-state index contributed by atoms with van der Waals surface area (Å²) in [5, 5.41) is 14.2. The van der Waals surface area contributed by atoms with Crippen LogP contribution in [-0.4, -0.2) is 46.9 Å². The molecule has 31 heavy (non-hydrogen) atoms. The molecular weight excluding hydrogens is 418 g/mol. The van der Waals surface area contributed by atoms with Gasteiger partial charge < -0.3 is 19.7 Å². The number of hydrogen-bond acceptors (Lipinski definition) is 6. The first kappa shape index (κ1) is 20.3. The summed E-state index contributed by atoms with van der Waals surface area (Å²) in [5.74, 6) is -2.13. The first-order chi connectivity index (χ1) is 14.8. The van der Waals surface area contributed by atoms with Gasteiger partial charge in [-0.2, -0.15) is 0 Å². The molecule has 9 heteroatoms. The van der Waals surface area contributed by atoms with Crippen molar-refractivity contribution < 1.29 is 23.9 Å². The first-order valence-electron chi connectivity index (χ1n) is 9.19. The minimum absolute atomic E-state index is 0.0406. The minimum atomic E-state index is -1.18. The number of aromatic nitrogens is 1. The van der Waals surface area contributed by atoms with Gasteiger partial charge in [-0.25, -0.2) is 9.78 Å². The Labute approximate surface area is 180 Å². The highest BCUT2D eigenvalue weighted by Crippen LogP contribution is 2.36. The number of anilines is 1. The predicted octanol–water partition coefficient (Wildman–Crippen LogP) is 4.21. The summed E-state index contributed by atoms with van der Waals surface area (Å²) in [6.45, 7) is 0. The first-order valence-corrected chi connectivity index (χ1v) is 10.1. The maximum atomic E-state index is 12.6. The number of carboxylic acid groups (broad SMARTS) is 1. The molecule has 0 aliphatic carbocycles. The molecule has 2 N–H and O–H groups in total. The fraction of sp³-hybridized carbons (Fsp3) is 0.0909. The second-order valence-corrected chi connectivity index (χ2v) is 7.76. The van der Waals surface area contributed by atoms with Crippen LogP contribution < -0.4 is 5.32 Å². The molecule has 0 radical (unpaired) electrons. The van der Waals surface area contributed by atoms with Crippen LogP contribution in [0.4, 0.5) is 5.00 Å². The van der Waals surface area contributed by atoms with Crippen molar-refractivity contribution in [2.45, 2.75) is 0 Å². The third kappa shape index (κ3) is 3.90. The van der Waals surface area contributed by atoms with Crippen LogP contribution in [0.3, 0.4) is 0 Å². The summed E-state index contributed by atoms with van der Waals surface area (Å²) in [6, 6.07) is 13.6. The van der Waals surface area contributed by atoms with Crippen LogP contribution >= 0.6 is 11.3 Å². The fourth-order valence-electron chi connectivity index (χ4n) is 3.05. The van der Waals surface area contributed by atoms with Gasteiger partial charge in [-0.05, 0) is 29.8 Å². The van der Waals surface area contributed by atoms with E-state index in [-0.39, 0.29) is 22.4 Å². The van der Waals surface area contributed by atoms with Gasteiger partial charge in [-0.3, -0.25) is 9.59 Å². The maximum absolute atomic E-state index is 12.6. The number of nitrogens with zero attached hydrogens (tertiary/aromatic N) is 2. The van der Waals surface area contributed by atoms with Gasteiger partial charge in [-0.15, -0.1) is 11.3 Å². The average Bonchev–Trinajstić information content (AvgIpc) is 3.37. The van der Waals surface area contributed by atoms with E-state index in [0.29, 0.717) is 27.8 Å². The zero-order valence-electron chi connectivity index (χ0n) is 16.6. The normalized spacial score (nSPS) is 10.8. The smallest absolute Gasteiger partial charge is 0.339 e. The Morgan fingerprint density at radius 3 is 2.42 bits per heavy atom. The zero-order chi connectivity index (χ0) is 22.1. The van der Waals surface area contributed by atoms with E-state index in [0.717, 1.165) is 11.3 Å². The SMILES string of the molecule is CN(C)C(=O)c1ccc(-c2csc(NC(=O)c3nc4ccccc4o3)c2C(=O)O)cc1. The molecule has 2 amide bonds. The molecule has 0 saturated carbocycles. The number of fused-ring (bicyclic) bond motifs is 1. The highest BCUT2D eigenvalue weighted by atomic mass is 32.1. The third-order valence-electron chi connectivity index (χ3n) is 4.57. The molecule has 0 saturated heterocycles. The number of benzene rings is 2. The van der Waals surface area contributed by atoms with Gasteiger partial charge in [0, 0.05) is 30.6 Å². The molecule has 4 rings (SSSR count). The van der Waals surface area contributed by atoms with E-state index >= 15 is 0 Å². The van der Waals surface area contributed by atoms with Gasteiger partial charge in [0.15, 0.2) is 5.58 Å². The molecule has 156 valence electrons. The summed E-state index contributed by atoms with van der Waals surface area (Å²) >= 11 is 1.09. The Bertz CT molecular complexity index is 1270. The molecule has 0 aliphatic rings. The fourth-order valence-corrected chi connectivity index (χ4v) is 4.01. The highest BCUT2D eigenvalue weighted by molar-refractivity contribution is 7.15. The molecule has 0 bridgehead atoms. The van der Waals surface area contributed by atoms with E-state index in [1.165, 1.54) is 4.90 Å². The van der Waals surface area contributed by atoms with Crippen LogP contribution in [0.1, 0.15) is 31.4 Å². The van der Waals surface area contributed by atoms with Crippen LogP contribution in [0, 0.1) is 0 Å². The van der Waals surface area contributed by atoms with Crippen molar-refractivity contribution in [1.29, 1.82) is 0 Å². The summed E-state index contributed by atoms with van der Waals surface area (Å²) in [5.41, 5.74) is 2.50. The van der Waals surface area contributed by atoms with E-state index in [4.69, 9.17) is 4.42 Å². The van der Waals surface area contributed by atoms with E-state index in [1.54, 1.807) is 68.0 Å². The summed E-state index contributed by atoms with van der Waals surface area (Å²) < 4.78 is 5.45. The molecule has 0 unspecified atom stereocenters. The predicted molar refractivity (Wildman–Crippen MR) is 117 cm³/mol. The molecule has 0 spiro atoms. The van der Waals surface area contributed by atoms with Crippen LogP contribution in [0.2, 0.25) is 0 Å². The lowest BCUT2D eigenvalue weighted by Crippen LogP contribution is -2.21. The number of rotatable bonds is 5. The van der Waals surface area contributed by atoms with Crippen molar-refractivity contribution in [3.8, 4) is 11.1 Å². The largest absolute Gasteiger partial charge is 0.478 e. The zero-order valence-corrected chi connectivity index (χ0v) is 17.4. The second kappa shape index (κ2) is 8.04. The van der Waals surface area contributed by atoms with Gasteiger partial charge in [0.2, 0.25) is 0 Å². The second-order valence-electron chi connectivity index (χ2n) is 6.88. The molecular formula is C22H17N3O5S. The lowest BCUT2D eigenvalue weighted by Gasteiger charge is -2.10. The lowest BCUT2D eigenvalue weighted by atomic mass is 10.0. The Kier molecular flexibility index (Phi) is 5.26. The number of carbonyl (C=O) groups excluding carboxylic acids is 2. The quantitative estimate of drug-likeness (QED) is 0.486. The summed E-state index contributed by atoms with van der Waals surface area (Å²) in [4.78, 5) is 42.2. The van der Waals surface area contributed by atoms with Gasteiger partial charge >= 0.3 is 11.9 Å². The Hall–Kier alpha value is -3.98. The number of thiophene rings is 1. The molecule has 2 aromatic heterocycles. The van der Waals surface area contributed by atoms with Crippen LogP contribution in [-0.2, 0) is 0 Å².